The van der Waals surface area contributed by atoms with Gasteiger partial charge in [-0.3, -0.25) is 4.79 Å². The summed E-state index contributed by atoms with van der Waals surface area (Å²) < 4.78 is 67.7. The second-order valence-corrected chi connectivity index (χ2v) is 1.61. The van der Waals surface area contributed by atoms with Gasteiger partial charge in [0.2, 0.25) is 0 Å². The number of halogens is 6. The maximum atomic E-state index is 11.4. The molecule has 0 atom stereocenters. The van der Waals surface area contributed by atoms with E-state index in [0.29, 0.717) is 0 Å². The van der Waals surface area contributed by atoms with Crippen LogP contribution in [0.3, 0.4) is 0 Å². The predicted molar refractivity (Wildman–Crippen MR) is 20.4 cm³/mol. The molecule has 0 saturated heterocycles. The van der Waals surface area contributed by atoms with E-state index in [2.05, 4.69) is 0 Å². The highest BCUT2D eigenvalue weighted by Gasteiger charge is 2.61. The monoisotopic (exact) mass is 214 g/mol. The van der Waals surface area contributed by atoms with Crippen LogP contribution in [0.15, 0.2) is 0 Å². The van der Waals surface area contributed by atoms with Gasteiger partial charge in [-0.2, -0.15) is 13.2 Å². The topological polar surface area (TPSA) is 44.8 Å². The molecule has 13 heavy (non-hydrogen) atoms. The lowest BCUT2D eigenvalue weighted by atomic mass is 10.3. The average molecular weight is 214 g/mol. The molecule has 0 fully saturated rings. The first-order chi connectivity index (χ1) is 5.84. The number of hydrogen-bond donors (Lipinski definition) is 0. The first kappa shape index (κ1) is 12.1. The van der Waals surface area contributed by atoms with Crippen molar-refractivity contribution in [2.75, 3.05) is 0 Å². The van der Waals surface area contributed by atoms with E-state index in [1.807, 2.05) is 14.8 Å². The van der Waals surface area contributed by atoms with E-state index in [0.717, 1.165) is 0 Å². The third-order valence-corrected chi connectivity index (χ3v) is 0.840. The summed E-state index contributed by atoms with van der Waals surface area (Å²) in [5.74, 6) is -8.06. The molecular formula is C3F6O4. The minimum Gasteiger partial charge on any atom is -0.280 e. The molecule has 0 aromatic carbocycles. The molecule has 0 rings (SSSR count). The lowest BCUT2D eigenvalue weighted by molar-refractivity contribution is -0.526. The zero-order valence-corrected chi connectivity index (χ0v) is 5.40. The van der Waals surface area contributed by atoms with E-state index in [-0.39, 0.29) is 0 Å². The van der Waals surface area contributed by atoms with E-state index in [1.54, 1.807) is 0 Å². The van der Waals surface area contributed by atoms with E-state index in [9.17, 15) is 31.5 Å². The number of rotatable bonds is 4. The largest absolute Gasteiger partial charge is 0.458 e. The Morgan fingerprint density at radius 3 is 1.31 bits per heavy atom. The van der Waals surface area contributed by atoms with Gasteiger partial charge in [0.15, 0.2) is 0 Å². The summed E-state index contributed by atoms with van der Waals surface area (Å²) in [6.07, 6.45) is -5.79. The summed E-state index contributed by atoms with van der Waals surface area (Å²) in [4.78, 5) is 15.8. The molecule has 0 unspecified atom stereocenters. The van der Waals surface area contributed by atoms with Crippen LogP contribution in [0.2, 0.25) is 0 Å². The van der Waals surface area contributed by atoms with Crippen molar-refractivity contribution < 1.29 is 46.4 Å². The van der Waals surface area contributed by atoms with Gasteiger partial charge in [0.25, 0.3) is 0 Å². The zero-order valence-electron chi connectivity index (χ0n) is 5.40. The molecule has 0 saturated carbocycles. The predicted octanol–water partition coefficient (Wildman–Crippen LogP) is 1.47. The van der Waals surface area contributed by atoms with E-state index < -0.39 is 17.9 Å². The molecule has 0 heterocycles. The Morgan fingerprint density at radius 2 is 1.23 bits per heavy atom. The molecule has 0 aliphatic carbocycles. The van der Waals surface area contributed by atoms with E-state index in [4.69, 9.17) is 0 Å². The smallest absolute Gasteiger partial charge is 0.280 e. The van der Waals surface area contributed by atoms with Crippen molar-refractivity contribution in [2.45, 2.75) is 12.1 Å². The Hall–Kier alpha value is -0.870. The van der Waals surface area contributed by atoms with Gasteiger partial charge < -0.3 is 0 Å². The van der Waals surface area contributed by atoms with Gasteiger partial charge in [-0.15, -0.1) is 14.8 Å². The van der Waals surface area contributed by atoms with Gasteiger partial charge in [-0.1, -0.05) is 0 Å². The summed E-state index contributed by atoms with van der Waals surface area (Å²) in [7, 11) is 0. The number of hydrogen-bond acceptors (Lipinski definition) is 4. The fraction of sp³-hybridized carbons (Fsp3) is 0.667. The van der Waals surface area contributed by atoms with Gasteiger partial charge in [0.1, 0.15) is 0 Å². The summed E-state index contributed by atoms with van der Waals surface area (Å²) in [5, 5.41) is 0. The summed E-state index contributed by atoms with van der Waals surface area (Å²) in [6, 6.07) is 0. The molecule has 0 aromatic rings. The lowest BCUT2D eigenvalue weighted by Gasteiger charge is -2.17. The number of Topliss-reactive ketones (excluding diaryl/α,β-unsaturated/α-hetero) is 1. The van der Waals surface area contributed by atoms with Gasteiger partial charge in [-0.05, 0) is 13.6 Å². The van der Waals surface area contributed by atoms with Crippen LogP contribution in [-0.4, -0.2) is 17.9 Å². The minimum absolute atomic E-state index is 1.96. The normalized spacial score (nSPS) is 13.1. The third kappa shape index (κ3) is 2.29. The van der Waals surface area contributed by atoms with Crippen LogP contribution in [0.5, 0.6) is 0 Å². The Labute approximate surface area is 65.7 Å². The Morgan fingerprint density at radius 1 is 0.923 bits per heavy atom. The molecule has 0 aromatic heterocycles. The van der Waals surface area contributed by atoms with Crippen molar-refractivity contribution in [1.82, 2.24) is 0 Å². The second kappa shape index (κ2) is 3.89. The second-order valence-electron chi connectivity index (χ2n) is 1.61. The molecule has 0 aliphatic heterocycles. The highest BCUT2D eigenvalue weighted by atomic mass is 19.4. The van der Waals surface area contributed by atoms with Crippen LogP contribution < -0.4 is 0 Å². The van der Waals surface area contributed by atoms with Crippen LogP contribution in [0.25, 0.3) is 0 Å². The molecule has 0 amide bonds. The number of ketones is 1. The molecule has 0 spiro atoms. The number of alkyl halides is 3. The molecule has 4 nitrogen and oxygen atoms in total. The molecule has 10 heteroatoms. The maximum Gasteiger partial charge on any atom is 0.458 e. The SMILES string of the molecule is O=C(C(F)(F)F)C(OF)(OF)OF. The molecule has 78 valence electrons. The van der Waals surface area contributed by atoms with Crippen LogP contribution >= 0.6 is 0 Å². The van der Waals surface area contributed by atoms with Gasteiger partial charge in [0, 0.05) is 0 Å². The number of carbonyl (C=O) groups is 1. The van der Waals surface area contributed by atoms with E-state index >= 15 is 0 Å². The Bertz CT molecular complexity index is 177. The van der Waals surface area contributed by atoms with Crippen LogP contribution in [0.1, 0.15) is 0 Å². The van der Waals surface area contributed by atoms with Crippen molar-refractivity contribution in [1.29, 1.82) is 0 Å². The standard InChI is InChI=1S/C3F6O4/c4-2(5,6)1(10)3(11-7,12-8)13-9. The first-order valence-corrected chi connectivity index (χ1v) is 2.35. The fourth-order valence-electron chi connectivity index (χ4n) is 0.314. The first-order valence-electron chi connectivity index (χ1n) is 2.35. The van der Waals surface area contributed by atoms with Gasteiger partial charge in [-0.25, -0.2) is 0 Å². The van der Waals surface area contributed by atoms with Gasteiger partial charge in [0.05, 0.1) is 0 Å². The number of carbonyl (C=O) groups excluding carboxylic acids is 1. The molecule has 0 aliphatic rings. The van der Waals surface area contributed by atoms with Crippen molar-refractivity contribution in [3.8, 4) is 0 Å². The summed E-state index contributed by atoms with van der Waals surface area (Å²) in [6.45, 7) is 0. The summed E-state index contributed by atoms with van der Waals surface area (Å²) >= 11 is 0. The lowest BCUT2D eigenvalue weighted by Crippen LogP contribution is -2.49. The van der Waals surface area contributed by atoms with Crippen molar-refractivity contribution in [3.05, 3.63) is 0 Å². The highest BCUT2D eigenvalue weighted by molar-refractivity contribution is 5.89. The summed E-state index contributed by atoms with van der Waals surface area (Å²) in [5.41, 5.74) is 0. The molecule has 0 bridgehead atoms. The van der Waals surface area contributed by atoms with Crippen LogP contribution in [0, 0.1) is 0 Å². The quantitative estimate of drug-likeness (QED) is 0.525. The molecule has 0 N–H and O–H groups in total. The van der Waals surface area contributed by atoms with Crippen molar-refractivity contribution in [2.24, 2.45) is 0 Å². The van der Waals surface area contributed by atoms with Crippen molar-refractivity contribution in [3.63, 3.8) is 0 Å². The Kier molecular flexibility index (Phi) is 3.63. The maximum absolute atomic E-state index is 11.4. The third-order valence-electron chi connectivity index (χ3n) is 0.840. The minimum atomic E-state index is -5.79. The molecular weight excluding hydrogens is 214 g/mol. The van der Waals surface area contributed by atoms with E-state index in [1.165, 1.54) is 0 Å². The van der Waals surface area contributed by atoms with Crippen molar-refractivity contribution >= 4 is 5.78 Å². The molecule has 0 radical (unpaired) electrons. The van der Waals surface area contributed by atoms with Crippen LogP contribution in [0.4, 0.5) is 26.7 Å². The Balaban J connectivity index is 4.85. The van der Waals surface area contributed by atoms with Gasteiger partial charge >= 0.3 is 17.9 Å². The highest BCUT2D eigenvalue weighted by Crippen LogP contribution is 2.29. The average Bonchev–Trinajstić information content (AvgIpc) is 2.07. The van der Waals surface area contributed by atoms with Crippen LogP contribution in [-0.2, 0) is 19.6 Å². The fourth-order valence-corrected chi connectivity index (χ4v) is 0.314. The zero-order chi connectivity index (χ0) is 10.7.